The number of carboxylic acids is 1. The van der Waals surface area contributed by atoms with Crippen LogP contribution in [0.2, 0.25) is 0 Å². The Balaban J connectivity index is 1.53. The van der Waals surface area contributed by atoms with Crippen molar-refractivity contribution in [2.75, 3.05) is 6.54 Å². The van der Waals surface area contributed by atoms with Gasteiger partial charge in [-0.15, -0.1) is 0 Å². The summed E-state index contributed by atoms with van der Waals surface area (Å²) in [5.41, 5.74) is 3.76. The lowest BCUT2D eigenvalue weighted by Crippen LogP contribution is -2.11. The molecule has 0 aromatic heterocycles. The second-order valence-corrected chi connectivity index (χ2v) is 5.59. The fourth-order valence-corrected chi connectivity index (χ4v) is 2.73. The van der Waals surface area contributed by atoms with E-state index in [1.165, 1.54) is 0 Å². The van der Waals surface area contributed by atoms with Crippen molar-refractivity contribution in [2.24, 2.45) is 9.98 Å². The SMILES string of the molecule is O=C(O)C1=Nc2cc(Oc3ccc(C4=NCC=C4)cc3)ccc2C1. The highest BCUT2D eigenvalue weighted by Crippen LogP contribution is 2.33. The van der Waals surface area contributed by atoms with Gasteiger partial charge in [-0.2, -0.15) is 0 Å². The molecule has 0 amide bonds. The smallest absolute Gasteiger partial charge is 0.350 e. The molecule has 4 rings (SSSR count). The van der Waals surface area contributed by atoms with Crippen LogP contribution in [-0.4, -0.2) is 29.0 Å². The first kappa shape index (κ1) is 14.4. The first-order valence-corrected chi connectivity index (χ1v) is 7.62. The van der Waals surface area contributed by atoms with Crippen molar-refractivity contribution in [1.29, 1.82) is 0 Å². The standard InChI is InChI=1S/C19H14N2O3/c22-19(23)18-10-13-5-8-15(11-17(13)21-18)24-14-6-3-12(4-7-14)16-2-1-9-20-16/h1-8,11H,9-10H2,(H,22,23). The zero-order chi connectivity index (χ0) is 16.5. The summed E-state index contributed by atoms with van der Waals surface area (Å²) < 4.78 is 5.84. The molecular weight excluding hydrogens is 304 g/mol. The molecule has 2 aromatic rings. The van der Waals surface area contributed by atoms with Crippen molar-refractivity contribution in [3.05, 3.63) is 65.7 Å². The van der Waals surface area contributed by atoms with E-state index in [1.54, 1.807) is 6.07 Å². The second-order valence-electron chi connectivity index (χ2n) is 5.59. The lowest BCUT2D eigenvalue weighted by atomic mass is 10.1. The van der Waals surface area contributed by atoms with Gasteiger partial charge in [0, 0.05) is 12.5 Å². The summed E-state index contributed by atoms with van der Waals surface area (Å²) in [6.45, 7) is 0.738. The molecule has 5 heteroatoms. The van der Waals surface area contributed by atoms with Crippen LogP contribution in [0.4, 0.5) is 5.69 Å². The van der Waals surface area contributed by atoms with Gasteiger partial charge in [0.2, 0.25) is 0 Å². The van der Waals surface area contributed by atoms with Crippen LogP contribution in [0.25, 0.3) is 0 Å². The van der Waals surface area contributed by atoms with Crippen LogP contribution < -0.4 is 4.74 Å². The number of benzene rings is 2. The van der Waals surface area contributed by atoms with E-state index in [2.05, 4.69) is 9.98 Å². The predicted molar refractivity (Wildman–Crippen MR) is 91.9 cm³/mol. The molecular formula is C19H14N2O3. The van der Waals surface area contributed by atoms with E-state index in [-0.39, 0.29) is 5.71 Å². The molecule has 0 radical (unpaired) electrons. The molecule has 0 unspecified atom stereocenters. The van der Waals surface area contributed by atoms with Crippen LogP contribution >= 0.6 is 0 Å². The molecule has 0 saturated heterocycles. The van der Waals surface area contributed by atoms with Crippen molar-refractivity contribution in [1.82, 2.24) is 0 Å². The van der Waals surface area contributed by atoms with Gasteiger partial charge in [-0.3, -0.25) is 4.99 Å². The lowest BCUT2D eigenvalue weighted by Gasteiger charge is -2.08. The highest BCUT2D eigenvalue weighted by Gasteiger charge is 2.20. The molecule has 0 atom stereocenters. The molecule has 0 fully saturated rings. The van der Waals surface area contributed by atoms with Gasteiger partial charge in [-0.05, 0) is 47.5 Å². The number of allylic oxidation sites excluding steroid dienone is 1. The predicted octanol–water partition coefficient (Wildman–Crippen LogP) is 3.55. The number of aliphatic carboxylic acids is 1. The van der Waals surface area contributed by atoms with E-state index in [9.17, 15) is 4.79 Å². The number of fused-ring (bicyclic) bond motifs is 1. The zero-order valence-corrected chi connectivity index (χ0v) is 12.8. The quantitative estimate of drug-likeness (QED) is 0.937. The maximum absolute atomic E-state index is 11.0. The van der Waals surface area contributed by atoms with Gasteiger partial charge < -0.3 is 9.84 Å². The number of carbonyl (C=O) groups is 1. The summed E-state index contributed by atoms with van der Waals surface area (Å²) in [6, 6.07) is 13.2. The van der Waals surface area contributed by atoms with Crippen LogP contribution in [0, 0.1) is 0 Å². The first-order valence-electron chi connectivity index (χ1n) is 7.62. The topological polar surface area (TPSA) is 71.2 Å². The van der Waals surface area contributed by atoms with E-state index in [0.29, 0.717) is 23.6 Å². The lowest BCUT2D eigenvalue weighted by molar-refractivity contribution is -0.129. The third-order valence-corrected chi connectivity index (χ3v) is 3.95. The Morgan fingerprint density at radius 2 is 1.88 bits per heavy atom. The molecule has 1 N–H and O–H groups in total. The van der Waals surface area contributed by atoms with Crippen molar-refractivity contribution in [2.45, 2.75) is 6.42 Å². The third kappa shape index (κ3) is 2.72. The van der Waals surface area contributed by atoms with Crippen LogP contribution in [-0.2, 0) is 11.2 Å². The van der Waals surface area contributed by atoms with Crippen LogP contribution in [0.3, 0.4) is 0 Å². The second kappa shape index (κ2) is 5.77. The van der Waals surface area contributed by atoms with E-state index in [4.69, 9.17) is 9.84 Å². The van der Waals surface area contributed by atoms with Crippen molar-refractivity contribution < 1.29 is 14.6 Å². The summed E-state index contributed by atoms with van der Waals surface area (Å²) in [4.78, 5) is 19.5. The average Bonchev–Trinajstić information content (AvgIpc) is 3.25. The Bertz CT molecular complexity index is 909. The Kier molecular flexibility index (Phi) is 3.46. The largest absolute Gasteiger partial charge is 0.477 e. The van der Waals surface area contributed by atoms with E-state index >= 15 is 0 Å². The minimum absolute atomic E-state index is 0.164. The Hall–Kier alpha value is -3.21. The van der Waals surface area contributed by atoms with Gasteiger partial charge in [0.1, 0.15) is 17.2 Å². The fourth-order valence-electron chi connectivity index (χ4n) is 2.73. The molecule has 2 heterocycles. The van der Waals surface area contributed by atoms with Crippen molar-refractivity contribution in [3.63, 3.8) is 0 Å². The van der Waals surface area contributed by atoms with Crippen molar-refractivity contribution in [3.8, 4) is 11.5 Å². The molecule has 0 saturated carbocycles. The number of carboxylic acid groups (broad SMARTS) is 1. The number of rotatable bonds is 4. The highest BCUT2D eigenvalue weighted by molar-refractivity contribution is 6.37. The van der Waals surface area contributed by atoms with Crippen LogP contribution in [0.15, 0.2) is 64.6 Å². The zero-order valence-electron chi connectivity index (χ0n) is 12.8. The highest BCUT2D eigenvalue weighted by atomic mass is 16.5. The monoisotopic (exact) mass is 318 g/mol. The van der Waals surface area contributed by atoms with Crippen molar-refractivity contribution >= 4 is 23.1 Å². The molecule has 2 aliphatic rings. The van der Waals surface area contributed by atoms with E-state index in [1.807, 2.05) is 48.6 Å². The Morgan fingerprint density at radius 1 is 1.08 bits per heavy atom. The van der Waals surface area contributed by atoms with Gasteiger partial charge in [-0.25, -0.2) is 9.79 Å². The number of hydrogen-bond acceptors (Lipinski definition) is 4. The molecule has 118 valence electrons. The fraction of sp³-hybridized carbons (Fsp3) is 0.105. The Morgan fingerprint density at radius 3 is 2.58 bits per heavy atom. The number of nitrogens with zero attached hydrogens (tertiary/aromatic N) is 2. The molecule has 0 spiro atoms. The minimum atomic E-state index is -0.979. The molecule has 2 aliphatic heterocycles. The van der Waals surface area contributed by atoms with Gasteiger partial charge >= 0.3 is 5.97 Å². The molecule has 24 heavy (non-hydrogen) atoms. The molecule has 5 nitrogen and oxygen atoms in total. The normalized spacial score (nSPS) is 15.0. The van der Waals surface area contributed by atoms with Gasteiger partial charge in [0.05, 0.1) is 17.9 Å². The summed E-state index contributed by atoms with van der Waals surface area (Å²) >= 11 is 0. The average molecular weight is 318 g/mol. The van der Waals surface area contributed by atoms with Crippen LogP contribution in [0.5, 0.6) is 11.5 Å². The molecule has 2 aromatic carbocycles. The number of aliphatic imine (C=N–C) groups is 2. The molecule has 0 aliphatic carbocycles. The maximum atomic E-state index is 11.0. The van der Waals surface area contributed by atoms with E-state index in [0.717, 1.165) is 23.4 Å². The van der Waals surface area contributed by atoms with Gasteiger partial charge in [0.15, 0.2) is 0 Å². The van der Waals surface area contributed by atoms with Gasteiger partial charge in [-0.1, -0.05) is 12.1 Å². The summed E-state index contributed by atoms with van der Waals surface area (Å²) in [5, 5.41) is 9.03. The number of hydrogen-bond donors (Lipinski definition) is 1. The third-order valence-electron chi connectivity index (χ3n) is 3.95. The maximum Gasteiger partial charge on any atom is 0.350 e. The van der Waals surface area contributed by atoms with Crippen LogP contribution in [0.1, 0.15) is 11.1 Å². The minimum Gasteiger partial charge on any atom is -0.477 e. The summed E-state index contributed by atoms with van der Waals surface area (Å²) in [6.07, 6.45) is 4.39. The Labute approximate surface area is 138 Å². The number of ether oxygens (including phenoxy) is 1. The van der Waals surface area contributed by atoms with E-state index < -0.39 is 5.97 Å². The van der Waals surface area contributed by atoms with Gasteiger partial charge in [0.25, 0.3) is 0 Å². The molecule has 0 bridgehead atoms. The summed E-state index contributed by atoms with van der Waals surface area (Å²) in [7, 11) is 0. The first-order chi connectivity index (χ1) is 11.7. The summed E-state index contributed by atoms with van der Waals surface area (Å²) in [5.74, 6) is 0.366.